The summed E-state index contributed by atoms with van der Waals surface area (Å²) < 4.78 is 16.7. The molecule has 3 aromatic rings. The SMILES string of the molecule is COc1ccc2[nH]c(C(=O)N3CCC(c4onc5c4CC(C)CC5)CC3)cc2c1OC. The van der Waals surface area contributed by atoms with Crippen molar-refractivity contribution in [2.24, 2.45) is 5.92 Å². The summed E-state index contributed by atoms with van der Waals surface area (Å²) in [7, 11) is 3.22. The average molecular weight is 424 g/mol. The van der Waals surface area contributed by atoms with Gasteiger partial charge in [0.1, 0.15) is 11.5 Å². The van der Waals surface area contributed by atoms with Gasteiger partial charge in [0.25, 0.3) is 5.91 Å². The Morgan fingerprint density at radius 1 is 1.19 bits per heavy atom. The molecule has 1 saturated heterocycles. The van der Waals surface area contributed by atoms with E-state index in [1.54, 1.807) is 14.2 Å². The normalized spacial score (nSPS) is 19.5. The van der Waals surface area contributed by atoms with Crippen LogP contribution in [0.15, 0.2) is 22.7 Å². The molecule has 2 aliphatic rings. The maximum absolute atomic E-state index is 13.2. The van der Waals surface area contributed by atoms with Crippen LogP contribution < -0.4 is 9.47 Å². The van der Waals surface area contributed by atoms with Gasteiger partial charge in [-0.25, -0.2) is 0 Å². The Morgan fingerprint density at radius 3 is 2.74 bits per heavy atom. The van der Waals surface area contributed by atoms with Gasteiger partial charge in [-0.05, 0) is 56.2 Å². The van der Waals surface area contributed by atoms with E-state index < -0.39 is 0 Å². The van der Waals surface area contributed by atoms with E-state index >= 15 is 0 Å². The van der Waals surface area contributed by atoms with Crippen LogP contribution in [-0.2, 0) is 12.8 Å². The van der Waals surface area contributed by atoms with Crippen molar-refractivity contribution in [2.45, 2.75) is 44.9 Å². The molecule has 1 aliphatic carbocycles. The number of aromatic nitrogens is 2. The van der Waals surface area contributed by atoms with Crippen molar-refractivity contribution in [1.82, 2.24) is 15.0 Å². The minimum atomic E-state index is 0.0175. The number of methoxy groups -OCH3 is 2. The van der Waals surface area contributed by atoms with Gasteiger partial charge in [0, 0.05) is 30.0 Å². The smallest absolute Gasteiger partial charge is 0.270 e. The zero-order chi connectivity index (χ0) is 21.5. The number of hydrogen-bond acceptors (Lipinski definition) is 5. The highest BCUT2D eigenvalue weighted by atomic mass is 16.5. The fraction of sp³-hybridized carbons (Fsp3) is 0.500. The molecule has 2 aromatic heterocycles. The van der Waals surface area contributed by atoms with Crippen LogP contribution in [0.5, 0.6) is 11.5 Å². The Balaban J connectivity index is 1.31. The number of likely N-dealkylation sites (tertiary alicyclic amines) is 1. The minimum Gasteiger partial charge on any atom is -0.493 e. The van der Waals surface area contributed by atoms with Gasteiger partial charge in [-0.3, -0.25) is 4.79 Å². The molecule has 3 heterocycles. The minimum absolute atomic E-state index is 0.0175. The molecule has 1 aliphatic heterocycles. The van der Waals surface area contributed by atoms with Gasteiger partial charge in [-0.2, -0.15) is 0 Å². The van der Waals surface area contributed by atoms with Gasteiger partial charge >= 0.3 is 0 Å². The van der Waals surface area contributed by atoms with Crippen LogP contribution in [0, 0.1) is 5.92 Å². The Kier molecular flexibility index (Phi) is 5.12. The van der Waals surface area contributed by atoms with E-state index in [9.17, 15) is 4.79 Å². The van der Waals surface area contributed by atoms with Crippen LogP contribution in [0.3, 0.4) is 0 Å². The number of ether oxygens (including phenoxy) is 2. The number of aryl methyl sites for hydroxylation is 1. The molecule has 0 saturated carbocycles. The van der Waals surface area contributed by atoms with Crippen molar-refractivity contribution in [3.63, 3.8) is 0 Å². The number of fused-ring (bicyclic) bond motifs is 2. The topological polar surface area (TPSA) is 80.6 Å². The molecule has 1 aromatic carbocycles. The maximum atomic E-state index is 13.2. The van der Waals surface area contributed by atoms with Gasteiger partial charge in [0.05, 0.1) is 25.4 Å². The average Bonchev–Trinajstić information content (AvgIpc) is 3.42. The number of rotatable bonds is 4. The van der Waals surface area contributed by atoms with Crippen molar-refractivity contribution >= 4 is 16.8 Å². The summed E-state index contributed by atoms with van der Waals surface area (Å²) in [6, 6.07) is 5.61. The van der Waals surface area contributed by atoms with Crippen LogP contribution in [-0.4, -0.2) is 48.3 Å². The number of nitrogens with one attached hydrogen (secondary N) is 1. The molecular formula is C24H29N3O4. The Bertz CT molecular complexity index is 1110. The highest BCUT2D eigenvalue weighted by molar-refractivity contribution is 6.00. The lowest BCUT2D eigenvalue weighted by Crippen LogP contribution is -2.38. The summed E-state index contributed by atoms with van der Waals surface area (Å²) in [5.41, 5.74) is 3.92. The van der Waals surface area contributed by atoms with Gasteiger partial charge in [0.2, 0.25) is 0 Å². The van der Waals surface area contributed by atoms with Gasteiger partial charge in [-0.1, -0.05) is 12.1 Å². The number of piperidine rings is 1. The number of carbonyl (C=O) groups excluding carboxylic acids is 1. The largest absolute Gasteiger partial charge is 0.493 e. The third-order valence-electron chi connectivity index (χ3n) is 6.85. The molecule has 0 spiro atoms. The van der Waals surface area contributed by atoms with Crippen LogP contribution in [0.25, 0.3) is 10.9 Å². The molecule has 5 rings (SSSR count). The molecule has 1 atom stereocenters. The summed E-state index contributed by atoms with van der Waals surface area (Å²) in [6.45, 7) is 3.72. The molecule has 164 valence electrons. The Morgan fingerprint density at radius 2 is 2.00 bits per heavy atom. The first-order valence-electron chi connectivity index (χ1n) is 11.1. The first-order valence-corrected chi connectivity index (χ1v) is 11.1. The van der Waals surface area contributed by atoms with E-state index in [2.05, 4.69) is 17.1 Å². The molecule has 1 N–H and O–H groups in total. The lowest BCUT2D eigenvalue weighted by Gasteiger charge is -2.31. The van der Waals surface area contributed by atoms with Crippen LogP contribution in [0.1, 0.15) is 59.6 Å². The molecule has 1 amide bonds. The zero-order valence-electron chi connectivity index (χ0n) is 18.4. The standard InChI is InChI=1S/C24H29N3O4/c1-14-4-5-19-16(12-14)22(31-26-19)15-8-10-27(11-9-15)24(28)20-13-17-18(25-20)6-7-21(29-2)23(17)30-3/h6-7,13-15,25H,4-5,8-12H2,1-3H3. The third-order valence-corrected chi connectivity index (χ3v) is 6.85. The van der Waals surface area contributed by atoms with Crippen molar-refractivity contribution in [2.75, 3.05) is 27.3 Å². The fourth-order valence-electron chi connectivity index (χ4n) is 5.09. The molecule has 7 heteroatoms. The summed E-state index contributed by atoms with van der Waals surface area (Å²) >= 11 is 0. The number of hydrogen-bond donors (Lipinski definition) is 1. The number of amides is 1. The fourth-order valence-corrected chi connectivity index (χ4v) is 5.09. The van der Waals surface area contributed by atoms with Gasteiger partial charge in [-0.15, -0.1) is 0 Å². The summed E-state index contributed by atoms with van der Waals surface area (Å²) in [5.74, 6) is 3.40. The van der Waals surface area contributed by atoms with Crippen LogP contribution >= 0.6 is 0 Å². The molecule has 7 nitrogen and oxygen atoms in total. The van der Waals surface area contributed by atoms with Gasteiger partial charge in [0.15, 0.2) is 11.5 Å². The van der Waals surface area contributed by atoms with Gasteiger partial charge < -0.3 is 23.9 Å². The molecule has 0 radical (unpaired) electrons. The monoisotopic (exact) mass is 423 g/mol. The van der Waals surface area contributed by atoms with Crippen LogP contribution in [0.4, 0.5) is 0 Å². The second kappa shape index (κ2) is 7.94. The van der Waals surface area contributed by atoms with E-state index in [0.717, 1.165) is 48.0 Å². The van der Waals surface area contributed by atoms with Crippen molar-refractivity contribution in [3.8, 4) is 11.5 Å². The number of nitrogens with zero attached hydrogens (tertiary/aromatic N) is 2. The first-order chi connectivity index (χ1) is 15.1. The number of aromatic amines is 1. The molecular weight excluding hydrogens is 394 g/mol. The van der Waals surface area contributed by atoms with Crippen molar-refractivity contribution in [1.29, 1.82) is 0 Å². The van der Waals surface area contributed by atoms with Crippen molar-refractivity contribution in [3.05, 3.63) is 40.9 Å². The summed E-state index contributed by atoms with van der Waals surface area (Å²) in [5, 5.41) is 5.19. The first kappa shape index (κ1) is 20.0. The molecule has 0 bridgehead atoms. The molecule has 31 heavy (non-hydrogen) atoms. The second-order valence-corrected chi connectivity index (χ2v) is 8.83. The quantitative estimate of drug-likeness (QED) is 0.676. The van der Waals surface area contributed by atoms with Crippen molar-refractivity contribution < 1.29 is 18.8 Å². The third kappa shape index (κ3) is 3.46. The number of H-pyrrole nitrogens is 1. The summed E-state index contributed by atoms with van der Waals surface area (Å²) in [4.78, 5) is 18.4. The predicted molar refractivity (Wildman–Crippen MR) is 117 cm³/mol. The van der Waals surface area contributed by atoms with E-state index in [-0.39, 0.29) is 5.91 Å². The molecule has 1 fully saturated rings. The number of benzene rings is 1. The highest BCUT2D eigenvalue weighted by Crippen LogP contribution is 2.38. The summed E-state index contributed by atoms with van der Waals surface area (Å²) in [6.07, 6.45) is 5.07. The van der Waals surface area contributed by atoms with E-state index in [1.165, 1.54) is 12.0 Å². The maximum Gasteiger partial charge on any atom is 0.270 e. The van der Waals surface area contributed by atoms with E-state index in [4.69, 9.17) is 14.0 Å². The lowest BCUT2D eigenvalue weighted by atomic mass is 9.83. The van der Waals surface area contributed by atoms with E-state index in [0.29, 0.717) is 42.1 Å². The Hall–Kier alpha value is -2.96. The second-order valence-electron chi connectivity index (χ2n) is 8.83. The van der Waals surface area contributed by atoms with Crippen LogP contribution in [0.2, 0.25) is 0 Å². The highest BCUT2D eigenvalue weighted by Gasteiger charge is 2.32. The van der Waals surface area contributed by atoms with E-state index in [1.807, 2.05) is 23.1 Å². The number of carbonyl (C=O) groups is 1. The molecule has 1 unspecified atom stereocenters. The zero-order valence-corrected chi connectivity index (χ0v) is 18.4. The Labute approximate surface area is 181 Å². The predicted octanol–water partition coefficient (Wildman–Crippen LogP) is 4.32. The lowest BCUT2D eigenvalue weighted by molar-refractivity contribution is 0.0701.